The molecule has 110 valence electrons. The SMILES string of the molecule is CC1SCCSC1c1nc(C(=O)O)c(-c2ccccc2)s1. The van der Waals surface area contributed by atoms with Crippen molar-refractivity contribution in [3.8, 4) is 10.4 Å². The van der Waals surface area contributed by atoms with Crippen LogP contribution in [-0.4, -0.2) is 32.8 Å². The number of rotatable bonds is 3. The van der Waals surface area contributed by atoms with Gasteiger partial charge in [-0.3, -0.25) is 0 Å². The summed E-state index contributed by atoms with van der Waals surface area (Å²) in [6, 6.07) is 9.66. The van der Waals surface area contributed by atoms with Gasteiger partial charge in [0.1, 0.15) is 5.01 Å². The van der Waals surface area contributed by atoms with Gasteiger partial charge in [0.2, 0.25) is 0 Å². The van der Waals surface area contributed by atoms with E-state index in [-0.39, 0.29) is 5.69 Å². The lowest BCUT2D eigenvalue weighted by molar-refractivity contribution is 0.0692. The molecule has 1 aromatic carbocycles. The van der Waals surface area contributed by atoms with Gasteiger partial charge in [-0.2, -0.15) is 11.8 Å². The van der Waals surface area contributed by atoms with Crippen molar-refractivity contribution < 1.29 is 9.90 Å². The van der Waals surface area contributed by atoms with Crippen LogP contribution in [0.1, 0.15) is 27.7 Å². The molecular weight excluding hydrogens is 322 g/mol. The van der Waals surface area contributed by atoms with E-state index >= 15 is 0 Å². The van der Waals surface area contributed by atoms with Gasteiger partial charge in [-0.25, -0.2) is 9.78 Å². The maximum atomic E-state index is 11.5. The molecule has 3 rings (SSSR count). The second kappa shape index (κ2) is 6.42. The summed E-state index contributed by atoms with van der Waals surface area (Å²) in [4.78, 5) is 16.7. The van der Waals surface area contributed by atoms with Crippen LogP contribution < -0.4 is 0 Å². The van der Waals surface area contributed by atoms with Crippen molar-refractivity contribution in [1.82, 2.24) is 4.98 Å². The first kappa shape index (κ1) is 14.9. The lowest BCUT2D eigenvalue weighted by Gasteiger charge is -2.25. The first-order valence-corrected chi connectivity index (χ1v) is 9.61. The second-order valence-corrected chi connectivity index (χ2v) is 8.53. The number of hydrogen-bond acceptors (Lipinski definition) is 5. The Morgan fingerprint density at radius 3 is 2.62 bits per heavy atom. The molecule has 0 saturated carbocycles. The topological polar surface area (TPSA) is 50.2 Å². The fourth-order valence-electron chi connectivity index (χ4n) is 2.29. The number of thioether (sulfide) groups is 2. The van der Waals surface area contributed by atoms with Gasteiger partial charge in [0.25, 0.3) is 0 Å². The van der Waals surface area contributed by atoms with Gasteiger partial charge >= 0.3 is 5.97 Å². The van der Waals surface area contributed by atoms with Crippen LogP contribution in [0.5, 0.6) is 0 Å². The molecule has 0 amide bonds. The highest BCUT2D eigenvalue weighted by Crippen LogP contribution is 2.45. The molecule has 2 unspecified atom stereocenters. The summed E-state index contributed by atoms with van der Waals surface area (Å²) < 4.78 is 0. The van der Waals surface area contributed by atoms with E-state index in [1.165, 1.54) is 11.3 Å². The zero-order valence-electron chi connectivity index (χ0n) is 11.5. The molecule has 1 aliphatic heterocycles. The van der Waals surface area contributed by atoms with Gasteiger partial charge in [0, 0.05) is 16.8 Å². The van der Waals surface area contributed by atoms with Crippen molar-refractivity contribution in [1.29, 1.82) is 0 Å². The van der Waals surface area contributed by atoms with Crippen LogP contribution in [0.15, 0.2) is 30.3 Å². The number of aromatic nitrogens is 1. The normalized spacial score (nSPS) is 22.1. The van der Waals surface area contributed by atoms with Gasteiger partial charge in [-0.15, -0.1) is 23.1 Å². The summed E-state index contributed by atoms with van der Waals surface area (Å²) in [5.74, 6) is 1.31. The summed E-state index contributed by atoms with van der Waals surface area (Å²) in [5, 5.41) is 11.1. The predicted octanol–water partition coefficient (Wildman–Crippen LogP) is 4.42. The van der Waals surface area contributed by atoms with Crippen LogP contribution in [0.2, 0.25) is 0 Å². The average molecular weight is 337 g/mol. The number of benzene rings is 1. The van der Waals surface area contributed by atoms with Crippen LogP contribution >= 0.6 is 34.9 Å². The number of carboxylic acid groups (broad SMARTS) is 1. The smallest absolute Gasteiger partial charge is 0.356 e. The van der Waals surface area contributed by atoms with E-state index in [0.717, 1.165) is 27.0 Å². The van der Waals surface area contributed by atoms with Crippen LogP contribution in [0.25, 0.3) is 10.4 Å². The molecule has 2 heterocycles. The number of aromatic carboxylic acids is 1. The van der Waals surface area contributed by atoms with E-state index in [2.05, 4.69) is 11.9 Å². The number of hydrogen-bond donors (Lipinski definition) is 1. The highest BCUT2D eigenvalue weighted by molar-refractivity contribution is 8.06. The minimum Gasteiger partial charge on any atom is -0.476 e. The highest BCUT2D eigenvalue weighted by atomic mass is 32.2. The number of thiazole rings is 1. The summed E-state index contributed by atoms with van der Waals surface area (Å²) >= 11 is 5.35. The Morgan fingerprint density at radius 2 is 1.95 bits per heavy atom. The van der Waals surface area contributed by atoms with E-state index in [1.54, 1.807) is 0 Å². The minimum atomic E-state index is -0.947. The van der Waals surface area contributed by atoms with Crippen molar-refractivity contribution in [3.05, 3.63) is 41.0 Å². The maximum absolute atomic E-state index is 11.5. The molecule has 3 nitrogen and oxygen atoms in total. The van der Waals surface area contributed by atoms with Crippen molar-refractivity contribution in [2.75, 3.05) is 11.5 Å². The zero-order valence-corrected chi connectivity index (χ0v) is 13.9. The zero-order chi connectivity index (χ0) is 14.8. The Morgan fingerprint density at radius 1 is 1.24 bits per heavy atom. The fraction of sp³-hybridized carbons (Fsp3) is 0.333. The van der Waals surface area contributed by atoms with Crippen LogP contribution in [0.3, 0.4) is 0 Å². The second-order valence-electron chi connectivity index (χ2n) is 4.77. The molecular formula is C15H15NO2S3. The summed E-state index contributed by atoms with van der Waals surface area (Å²) in [7, 11) is 0. The Balaban J connectivity index is 2.02. The Kier molecular flexibility index (Phi) is 4.57. The fourth-order valence-corrected chi connectivity index (χ4v) is 6.51. The molecule has 1 aliphatic rings. The lowest BCUT2D eigenvalue weighted by Crippen LogP contribution is -2.15. The Bertz CT molecular complexity index is 642. The Labute approximate surface area is 136 Å². The molecule has 1 saturated heterocycles. The minimum absolute atomic E-state index is 0.185. The summed E-state index contributed by atoms with van der Waals surface area (Å²) in [6.07, 6.45) is 0. The van der Waals surface area contributed by atoms with Gasteiger partial charge in [-0.05, 0) is 5.56 Å². The number of nitrogens with zero attached hydrogens (tertiary/aromatic N) is 1. The molecule has 2 aromatic rings. The molecule has 2 atom stereocenters. The van der Waals surface area contributed by atoms with Crippen molar-refractivity contribution >= 4 is 40.8 Å². The van der Waals surface area contributed by atoms with Crippen molar-refractivity contribution in [3.63, 3.8) is 0 Å². The third-order valence-electron chi connectivity index (χ3n) is 3.31. The molecule has 6 heteroatoms. The summed E-state index contributed by atoms with van der Waals surface area (Å²) in [6.45, 7) is 2.20. The average Bonchev–Trinajstić information content (AvgIpc) is 2.94. The Hall–Kier alpha value is -0.980. The molecule has 0 radical (unpaired) electrons. The lowest BCUT2D eigenvalue weighted by atomic mass is 10.1. The van der Waals surface area contributed by atoms with E-state index in [0.29, 0.717) is 10.5 Å². The van der Waals surface area contributed by atoms with Gasteiger partial charge in [0.05, 0.1) is 10.1 Å². The molecule has 0 spiro atoms. The van der Waals surface area contributed by atoms with E-state index in [4.69, 9.17) is 0 Å². The predicted molar refractivity (Wildman–Crippen MR) is 91.6 cm³/mol. The molecule has 21 heavy (non-hydrogen) atoms. The monoisotopic (exact) mass is 337 g/mol. The molecule has 1 N–H and O–H groups in total. The van der Waals surface area contributed by atoms with E-state index in [9.17, 15) is 9.90 Å². The van der Waals surface area contributed by atoms with E-state index in [1.807, 2.05) is 53.9 Å². The molecule has 0 bridgehead atoms. The molecule has 1 aromatic heterocycles. The maximum Gasteiger partial charge on any atom is 0.356 e. The van der Waals surface area contributed by atoms with Crippen LogP contribution in [-0.2, 0) is 0 Å². The quantitative estimate of drug-likeness (QED) is 0.898. The first-order valence-electron chi connectivity index (χ1n) is 6.69. The molecule has 0 aliphatic carbocycles. The summed E-state index contributed by atoms with van der Waals surface area (Å²) in [5.41, 5.74) is 1.12. The van der Waals surface area contributed by atoms with Gasteiger partial charge in [0.15, 0.2) is 5.69 Å². The first-order chi connectivity index (χ1) is 10.2. The van der Waals surface area contributed by atoms with Crippen LogP contribution in [0.4, 0.5) is 0 Å². The number of carbonyl (C=O) groups is 1. The highest BCUT2D eigenvalue weighted by Gasteiger charge is 2.29. The molecule has 1 fully saturated rings. The van der Waals surface area contributed by atoms with Crippen molar-refractivity contribution in [2.45, 2.75) is 17.4 Å². The third-order valence-corrected chi connectivity index (χ3v) is 7.75. The standard InChI is InChI=1S/C15H15NO2S3/c1-9-12(20-8-7-19-9)14-16-11(15(17)18)13(21-14)10-5-3-2-4-6-10/h2-6,9,12H,7-8H2,1H3,(H,17,18). The van der Waals surface area contributed by atoms with Crippen LogP contribution in [0, 0.1) is 0 Å². The van der Waals surface area contributed by atoms with Gasteiger partial charge < -0.3 is 5.11 Å². The van der Waals surface area contributed by atoms with Crippen molar-refractivity contribution in [2.24, 2.45) is 0 Å². The largest absolute Gasteiger partial charge is 0.476 e. The third kappa shape index (κ3) is 3.12. The van der Waals surface area contributed by atoms with E-state index < -0.39 is 5.97 Å². The van der Waals surface area contributed by atoms with Gasteiger partial charge in [-0.1, -0.05) is 37.3 Å². The number of carboxylic acids is 1.